The number of hydrogen-bond donors (Lipinski definition) is 3. The lowest BCUT2D eigenvalue weighted by atomic mass is 10.1. The van der Waals surface area contributed by atoms with Crippen LogP contribution in [0.15, 0.2) is 36.5 Å². The van der Waals surface area contributed by atoms with E-state index in [0.29, 0.717) is 6.42 Å². The van der Waals surface area contributed by atoms with Gasteiger partial charge in [-0.05, 0) is 25.3 Å². The van der Waals surface area contributed by atoms with Crippen molar-refractivity contribution in [1.29, 1.82) is 0 Å². The quantitative estimate of drug-likeness (QED) is 0.542. The second-order valence-electron chi connectivity index (χ2n) is 6.19. The highest BCUT2D eigenvalue weighted by atomic mass is 16.5. The van der Waals surface area contributed by atoms with Crippen LogP contribution >= 0.6 is 0 Å². The minimum absolute atomic E-state index is 0.140. The van der Waals surface area contributed by atoms with E-state index >= 15 is 0 Å². The number of hydrogen-bond acceptors (Lipinski definition) is 4. The van der Waals surface area contributed by atoms with Gasteiger partial charge in [0.1, 0.15) is 12.4 Å². The normalized spacial score (nSPS) is 9.38. The third-order valence-electron chi connectivity index (χ3n) is 3.83. The van der Waals surface area contributed by atoms with Crippen molar-refractivity contribution in [2.45, 2.75) is 65.9 Å². The van der Waals surface area contributed by atoms with Crippen LogP contribution in [0.25, 0.3) is 0 Å². The minimum Gasteiger partial charge on any atom is -0.445 e. The molecule has 0 atom stereocenters. The molecule has 0 fully saturated rings. The summed E-state index contributed by atoms with van der Waals surface area (Å²) in [5.41, 5.74) is 6.84. The number of aromatic amines is 1. The molecule has 0 radical (unpaired) electrons. The second kappa shape index (κ2) is 17.3. The van der Waals surface area contributed by atoms with Gasteiger partial charge in [0.15, 0.2) is 0 Å². The summed E-state index contributed by atoms with van der Waals surface area (Å²) in [5, 5.41) is 2.63. The average molecular weight is 405 g/mol. The molecular formula is C22H36N4O3. The number of ether oxygens (including phenoxy) is 1. The molecule has 162 valence electrons. The van der Waals surface area contributed by atoms with Gasteiger partial charge in [-0.3, -0.25) is 4.79 Å². The predicted molar refractivity (Wildman–Crippen MR) is 116 cm³/mol. The molecule has 0 saturated carbocycles. The third kappa shape index (κ3) is 14.8. The number of primary amides is 1. The van der Waals surface area contributed by atoms with Crippen molar-refractivity contribution < 1.29 is 14.3 Å². The lowest BCUT2D eigenvalue weighted by Gasteiger charge is -2.00. The van der Waals surface area contributed by atoms with Crippen LogP contribution in [0.1, 0.15) is 63.0 Å². The SMILES string of the molecule is CC.CNC(=O)CCCCCCc1ncc(C)[nH]1.NC(=O)OCc1ccccc1. The summed E-state index contributed by atoms with van der Waals surface area (Å²) >= 11 is 0. The van der Waals surface area contributed by atoms with Crippen molar-refractivity contribution in [2.75, 3.05) is 7.05 Å². The summed E-state index contributed by atoms with van der Waals surface area (Å²) in [6.07, 6.45) is 7.18. The molecule has 1 aromatic carbocycles. The molecule has 29 heavy (non-hydrogen) atoms. The monoisotopic (exact) mass is 404 g/mol. The maximum Gasteiger partial charge on any atom is 0.404 e. The molecule has 0 aliphatic heterocycles. The van der Waals surface area contributed by atoms with E-state index in [4.69, 9.17) is 5.73 Å². The van der Waals surface area contributed by atoms with Crippen molar-refractivity contribution in [3.63, 3.8) is 0 Å². The summed E-state index contributed by atoms with van der Waals surface area (Å²) in [7, 11) is 1.68. The van der Waals surface area contributed by atoms with Crippen LogP contribution in [0.4, 0.5) is 4.79 Å². The zero-order valence-electron chi connectivity index (χ0n) is 18.2. The van der Waals surface area contributed by atoms with Crippen LogP contribution in [0.3, 0.4) is 0 Å². The fourth-order valence-electron chi connectivity index (χ4n) is 2.38. The smallest absolute Gasteiger partial charge is 0.404 e. The number of carbonyl (C=O) groups is 2. The van der Waals surface area contributed by atoms with Gasteiger partial charge in [-0.15, -0.1) is 0 Å². The zero-order chi connectivity index (χ0) is 21.9. The highest BCUT2D eigenvalue weighted by Gasteiger charge is 1.99. The Bertz CT molecular complexity index is 672. The molecule has 0 aliphatic carbocycles. The Morgan fingerprint density at radius 3 is 2.31 bits per heavy atom. The maximum atomic E-state index is 10.9. The molecule has 0 saturated heterocycles. The van der Waals surface area contributed by atoms with Gasteiger partial charge >= 0.3 is 6.09 Å². The maximum absolute atomic E-state index is 10.9. The standard InChI is InChI=1S/C12H21N3O.C8H9NO2.C2H6/c1-10-9-14-11(15-10)7-5-3-4-6-8-12(16)13-2;9-8(10)11-6-7-4-2-1-3-5-7;1-2/h9H,3-8H2,1-2H3,(H,13,16)(H,14,15);1-5H,6H2,(H2,9,10);1-2H3. The minimum atomic E-state index is -0.742. The van der Waals surface area contributed by atoms with E-state index in [1.54, 1.807) is 7.05 Å². The van der Waals surface area contributed by atoms with E-state index in [1.165, 1.54) is 0 Å². The topological polar surface area (TPSA) is 110 Å². The van der Waals surface area contributed by atoms with E-state index < -0.39 is 6.09 Å². The fourth-order valence-corrected chi connectivity index (χ4v) is 2.38. The number of benzene rings is 1. The van der Waals surface area contributed by atoms with Gasteiger partial charge in [0.25, 0.3) is 0 Å². The lowest BCUT2D eigenvalue weighted by Crippen LogP contribution is -2.16. The summed E-state index contributed by atoms with van der Waals surface area (Å²) in [4.78, 5) is 28.6. The fraction of sp³-hybridized carbons (Fsp3) is 0.500. The number of nitrogens with two attached hydrogens (primary N) is 1. The van der Waals surface area contributed by atoms with Crippen molar-refractivity contribution in [3.8, 4) is 0 Å². The Balaban J connectivity index is 0.000000526. The van der Waals surface area contributed by atoms with Gasteiger partial charge in [0.05, 0.1) is 0 Å². The van der Waals surface area contributed by atoms with E-state index in [1.807, 2.05) is 57.3 Å². The van der Waals surface area contributed by atoms with Crippen molar-refractivity contribution in [3.05, 3.63) is 53.6 Å². The summed E-state index contributed by atoms with van der Waals surface area (Å²) in [6.45, 7) is 6.26. The number of amides is 2. The van der Waals surface area contributed by atoms with Gasteiger partial charge in [0.2, 0.25) is 5.91 Å². The number of nitrogens with zero attached hydrogens (tertiary/aromatic N) is 1. The number of carbonyl (C=O) groups excluding carboxylic acids is 2. The molecule has 0 aliphatic rings. The molecule has 7 heteroatoms. The Labute approximate surface area is 174 Å². The first-order chi connectivity index (χ1) is 14.0. The molecule has 4 N–H and O–H groups in total. The Morgan fingerprint density at radius 2 is 1.76 bits per heavy atom. The molecule has 0 spiro atoms. The lowest BCUT2D eigenvalue weighted by molar-refractivity contribution is -0.120. The van der Waals surface area contributed by atoms with E-state index in [-0.39, 0.29) is 12.5 Å². The largest absolute Gasteiger partial charge is 0.445 e. The average Bonchev–Trinajstić information content (AvgIpc) is 3.16. The van der Waals surface area contributed by atoms with Gasteiger partial charge < -0.3 is 20.8 Å². The molecule has 1 aromatic heterocycles. The first kappa shape index (κ1) is 26.2. The van der Waals surface area contributed by atoms with Crippen molar-refractivity contribution in [2.24, 2.45) is 5.73 Å². The van der Waals surface area contributed by atoms with Gasteiger partial charge in [-0.25, -0.2) is 9.78 Å². The Kier molecular flexibility index (Phi) is 15.6. The highest BCUT2D eigenvalue weighted by Crippen LogP contribution is 2.07. The summed E-state index contributed by atoms with van der Waals surface area (Å²) in [5.74, 6) is 1.21. The first-order valence-corrected chi connectivity index (χ1v) is 10.2. The van der Waals surface area contributed by atoms with Crippen LogP contribution in [-0.2, 0) is 22.6 Å². The Hall–Kier alpha value is -2.83. The van der Waals surface area contributed by atoms with Crippen molar-refractivity contribution >= 4 is 12.0 Å². The number of unbranched alkanes of at least 4 members (excludes halogenated alkanes) is 3. The van der Waals surface area contributed by atoms with Crippen LogP contribution in [0, 0.1) is 6.92 Å². The molecule has 1 heterocycles. The molecule has 2 aromatic rings. The van der Waals surface area contributed by atoms with Crippen LogP contribution in [0.2, 0.25) is 0 Å². The third-order valence-corrected chi connectivity index (χ3v) is 3.83. The van der Waals surface area contributed by atoms with E-state index in [9.17, 15) is 9.59 Å². The predicted octanol–water partition coefficient (Wildman–Crippen LogP) is 4.27. The summed E-state index contributed by atoms with van der Waals surface area (Å²) in [6, 6.07) is 9.37. The van der Waals surface area contributed by atoms with Gasteiger partial charge in [-0.1, -0.05) is 57.0 Å². The van der Waals surface area contributed by atoms with Crippen LogP contribution in [0.5, 0.6) is 0 Å². The highest BCUT2D eigenvalue weighted by molar-refractivity contribution is 5.75. The number of imidazole rings is 1. The molecule has 0 bridgehead atoms. The molecule has 2 amide bonds. The number of aromatic nitrogens is 2. The molecular weight excluding hydrogens is 368 g/mol. The van der Waals surface area contributed by atoms with Crippen LogP contribution < -0.4 is 11.1 Å². The number of H-pyrrole nitrogens is 1. The Morgan fingerprint density at radius 1 is 1.10 bits per heavy atom. The molecule has 7 nitrogen and oxygen atoms in total. The van der Waals surface area contributed by atoms with E-state index in [2.05, 4.69) is 20.0 Å². The number of nitrogens with one attached hydrogen (secondary N) is 2. The number of aryl methyl sites for hydroxylation is 2. The van der Waals surface area contributed by atoms with E-state index in [0.717, 1.165) is 49.2 Å². The van der Waals surface area contributed by atoms with Crippen molar-refractivity contribution in [1.82, 2.24) is 15.3 Å². The number of rotatable bonds is 9. The molecule has 2 rings (SSSR count). The van der Waals surface area contributed by atoms with Gasteiger partial charge in [0, 0.05) is 31.8 Å². The first-order valence-electron chi connectivity index (χ1n) is 10.2. The van der Waals surface area contributed by atoms with Crippen LogP contribution in [-0.4, -0.2) is 29.0 Å². The zero-order valence-corrected chi connectivity index (χ0v) is 18.2. The second-order valence-corrected chi connectivity index (χ2v) is 6.19. The summed E-state index contributed by atoms with van der Waals surface area (Å²) < 4.78 is 4.57. The van der Waals surface area contributed by atoms with Gasteiger partial charge in [-0.2, -0.15) is 0 Å². The molecule has 0 unspecified atom stereocenters.